The lowest BCUT2D eigenvalue weighted by Gasteiger charge is -1.89. The summed E-state index contributed by atoms with van der Waals surface area (Å²) in [6.07, 6.45) is 1.64. The first-order chi connectivity index (χ1) is 6.70. The average molecular weight is 212 g/mol. The van der Waals surface area contributed by atoms with Crippen LogP contribution in [0.25, 0.3) is 11.5 Å². The van der Waals surface area contributed by atoms with E-state index in [4.69, 9.17) is 16.0 Å². The van der Waals surface area contributed by atoms with Crippen molar-refractivity contribution in [3.05, 3.63) is 23.8 Å². The molecule has 0 atom stereocenters. The number of hydrogen-bond donors (Lipinski definition) is 0. The van der Waals surface area contributed by atoms with Gasteiger partial charge in [-0.3, -0.25) is 4.68 Å². The molecule has 0 amide bonds. The maximum absolute atomic E-state index is 5.58. The fourth-order valence-corrected chi connectivity index (χ4v) is 1.30. The van der Waals surface area contributed by atoms with Crippen LogP contribution in [0.5, 0.6) is 0 Å². The first-order valence-corrected chi connectivity index (χ1v) is 4.76. The molecule has 14 heavy (non-hydrogen) atoms. The number of rotatable bonds is 2. The molecule has 74 valence electrons. The maximum atomic E-state index is 5.58. The molecule has 0 saturated carbocycles. The van der Waals surface area contributed by atoms with Crippen molar-refractivity contribution in [3.63, 3.8) is 0 Å². The summed E-state index contributed by atoms with van der Waals surface area (Å²) >= 11 is 5.58. The van der Waals surface area contributed by atoms with E-state index in [0.29, 0.717) is 11.7 Å². The molecule has 0 N–H and O–H groups in total. The predicted molar refractivity (Wildman–Crippen MR) is 53.0 cm³/mol. The molecule has 0 aliphatic rings. The van der Waals surface area contributed by atoms with Crippen LogP contribution in [0.4, 0.5) is 0 Å². The molecule has 0 aromatic carbocycles. The van der Waals surface area contributed by atoms with Crippen LogP contribution in [-0.2, 0) is 12.9 Å². The molecule has 0 bridgehead atoms. The monoisotopic (exact) mass is 211 g/mol. The van der Waals surface area contributed by atoms with Crippen molar-refractivity contribution in [2.24, 2.45) is 7.05 Å². The van der Waals surface area contributed by atoms with Crippen molar-refractivity contribution in [3.8, 4) is 11.5 Å². The summed E-state index contributed by atoms with van der Waals surface area (Å²) in [5.41, 5.74) is 1.86. The van der Waals surface area contributed by atoms with Gasteiger partial charge >= 0.3 is 0 Å². The minimum Gasteiger partial charge on any atom is -0.438 e. The molecule has 2 aromatic rings. The Morgan fingerprint density at radius 1 is 1.57 bits per heavy atom. The van der Waals surface area contributed by atoms with Gasteiger partial charge in [-0.1, -0.05) is 0 Å². The Hall–Kier alpha value is -1.29. The summed E-state index contributed by atoms with van der Waals surface area (Å²) in [6, 6.07) is 1.94. The first kappa shape index (κ1) is 9.27. The van der Waals surface area contributed by atoms with Gasteiger partial charge in [-0.25, -0.2) is 4.98 Å². The van der Waals surface area contributed by atoms with Crippen LogP contribution in [0.15, 0.2) is 16.7 Å². The summed E-state index contributed by atoms with van der Waals surface area (Å²) in [6.45, 7) is 1.98. The summed E-state index contributed by atoms with van der Waals surface area (Å²) in [4.78, 5) is 4.00. The van der Waals surface area contributed by atoms with Gasteiger partial charge in [-0.15, -0.1) is 11.6 Å². The van der Waals surface area contributed by atoms with E-state index < -0.39 is 0 Å². The second-order valence-electron chi connectivity index (χ2n) is 3.05. The van der Waals surface area contributed by atoms with Gasteiger partial charge in [0.1, 0.15) is 5.69 Å². The van der Waals surface area contributed by atoms with Crippen molar-refractivity contribution in [2.75, 3.05) is 0 Å². The summed E-state index contributed by atoms with van der Waals surface area (Å²) in [5, 5.41) is 4.27. The van der Waals surface area contributed by atoms with E-state index in [1.165, 1.54) is 0 Å². The van der Waals surface area contributed by atoms with Gasteiger partial charge in [0, 0.05) is 12.7 Å². The Labute approximate surface area is 86.5 Å². The fraction of sp³-hybridized carbons (Fsp3) is 0.333. The highest BCUT2D eigenvalue weighted by atomic mass is 35.5. The Kier molecular flexibility index (Phi) is 2.29. The van der Waals surface area contributed by atoms with E-state index in [1.807, 2.05) is 20.0 Å². The Balaban J connectivity index is 2.39. The van der Waals surface area contributed by atoms with Gasteiger partial charge in [0.2, 0.25) is 5.89 Å². The molecule has 2 aromatic heterocycles. The van der Waals surface area contributed by atoms with Crippen LogP contribution in [0.3, 0.4) is 0 Å². The first-order valence-electron chi connectivity index (χ1n) is 4.22. The molecule has 0 unspecified atom stereocenters. The lowest BCUT2D eigenvalue weighted by molar-refractivity contribution is 0.526. The molecular formula is C9H10ClN3O. The van der Waals surface area contributed by atoms with Gasteiger partial charge in [-0.05, 0) is 13.0 Å². The van der Waals surface area contributed by atoms with E-state index in [-0.39, 0.29) is 5.88 Å². The third-order valence-corrected chi connectivity index (χ3v) is 2.26. The van der Waals surface area contributed by atoms with E-state index in [1.54, 1.807) is 10.9 Å². The van der Waals surface area contributed by atoms with E-state index in [9.17, 15) is 0 Å². The maximum Gasteiger partial charge on any atom is 0.209 e. The zero-order valence-corrected chi connectivity index (χ0v) is 8.75. The SMILES string of the molecule is Cc1cc(-c2cnc(CCl)o2)nn1C. The number of nitrogens with zero attached hydrogens (tertiary/aromatic N) is 3. The fourth-order valence-electron chi connectivity index (χ4n) is 1.17. The third kappa shape index (κ3) is 1.53. The van der Waals surface area contributed by atoms with Crippen LogP contribution < -0.4 is 0 Å². The summed E-state index contributed by atoms with van der Waals surface area (Å²) in [5.74, 6) is 1.46. The number of alkyl halides is 1. The molecule has 0 aliphatic carbocycles. The number of oxazole rings is 1. The zero-order valence-electron chi connectivity index (χ0n) is 7.99. The van der Waals surface area contributed by atoms with Crippen molar-refractivity contribution in [2.45, 2.75) is 12.8 Å². The smallest absolute Gasteiger partial charge is 0.209 e. The van der Waals surface area contributed by atoms with Crippen molar-refractivity contribution in [1.82, 2.24) is 14.8 Å². The van der Waals surface area contributed by atoms with Gasteiger partial charge < -0.3 is 4.42 Å². The lowest BCUT2D eigenvalue weighted by Crippen LogP contribution is -1.91. The van der Waals surface area contributed by atoms with Crippen LogP contribution >= 0.6 is 11.6 Å². The average Bonchev–Trinajstić information content (AvgIpc) is 2.74. The third-order valence-electron chi connectivity index (χ3n) is 2.03. The minimum atomic E-state index is 0.284. The Morgan fingerprint density at radius 3 is 2.86 bits per heavy atom. The van der Waals surface area contributed by atoms with Crippen LogP contribution in [0.2, 0.25) is 0 Å². The molecular weight excluding hydrogens is 202 g/mol. The normalized spacial score (nSPS) is 10.8. The van der Waals surface area contributed by atoms with E-state index >= 15 is 0 Å². The number of hydrogen-bond acceptors (Lipinski definition) is 3. The molecule has 0 aliphatic heterocycles. The Morgan fingerprint density at radius 2 is 2.36 bits per heavy atom. The highest BCUT2D eigenvalue weighted by Crippen LogP contribution is 2.19. The number of aromatic nitrogens is 3. The van der Waals surface area contributed by atoms with E-state index in [0.717, 1.165) is 11.4 Å². The molecule has 5 heteroatoms. The number of aryl methyl sites for hydroxylation is 2. The van der Waals surface area contributed by atoms with Crippen LogP contribution in [0.1, 0.15) is 11.6 Å². The number of halogens is 1. The standard InChI is InChI=1S/C9H10ClN3O/c1-6-3-7(12-13(6)2)8-5-11-9(4-10)14-8/h3,5H,4H2,1-2H3. The van der Waals surface area contributed by atoms with Crippen molar-refractivity contribution >= 4 is 11.6 Å². The molecule has 2 heterocycles. The topological polar surface area (TPSA) is 43.9 Å². The lowest BCUT2D eigenvalue weighted by atomic mass is 10.3. The Bertz CT molecular complexity index is 427. The van der Waals surface area contributed by atoms with Gasteiger partial charge in [0.15, 0.2) is 5.76 Å². The van der Waals surface area contributed by atoms with Crippen LogP contribution in [-0.4, -0.2) is 14.8 Å². The van der Waals surface area contributed by atoms with Gasteiger partial charge in [-0.2, -0.15) is 5.10 Å². The minimum absolute atomic E-state index is 0.284. The summed E-state index contributed by atoms with van der Waals surface area (Å²) < 4.78 is 7.16. The molecule has 2 rings (SSSR count). The predicted octanol–water partition coefficient (Wildman–Crippen LogP) is 2.12. The van der Waals surface area contributed by atoms with Crippen molar-refractivity contribution < 1.29 is 4.42 Å². The van der Waals surface area contributed by atoms with E-state index in [2.05, 4.69) is 10.1 Å². The molecule has 0 radical (unpaired) electrons. The van der Waals surface area contributed by atoms with Crippen LogP contribution in [0, 0.1) is 6.92 Å². The highest BCUT2D eigenvalue weighted by molar-refractivity contribution is 6.16. The van der Waals surface area contributed by atoms with Gasteiger partial charge in [0.25, 0.3) is 0 Å². The highest BCUT2D eigenvalue weighted by Gasteiger charge is 2.09. The largest absolute Gasteiger partial charge is 0.438 e. The molecule has 0 fully saturated rings. The quantitative estimate of drug-likeness (QED) is 0.715. The molecule has 0 saturated heterocycles. The molecule has 4 nitrogen and oxygen atoms in total. The van der Waals surface area contributed by atoms with Crippen molar-refractivity contribution in [1.29, 1.82) is 0 Å². The zero-order chi connectivity index (χ0) is 10.1. The second kappa shape index (κ2) is 3.46. The second-order valence-corrected chi connectivity index (χ2v) is 3.31. The van der Waals surface area contributed by atoms with Gasteiger partial charge in [0.05, 0.1) is 12.1 Å². The molecule has 0 spiro atoms. The summed E-state index contributed by atoms with van der Waals surface area (Å²) in [7, 11) is 1.89.